The van der Waals surface area contributed by atoms with E-state index in [2.05, 4.69) is 22.9 Å². The minimum absolute atomic E-state index is 0.0916. The molecule has 0 unspecified atom stereocenters. The zero-order chi connectivity index (χ0) is 19.0. The molecular formula is C20H25N3O4. The van der Waals surface area contributed by atoms with E-state index in [0.29, 0.717) is 32.1 Å². The van der Waals surface area contributed by atoms with E-state index in [-0.39, 0.29) is 17.7 Å². The van der Waals surface area contributed by atoms with E-state index in [0.717, 1.165) is 24.1 Å². The topological polar surface area (TPSA) is 111 Å². The quantitative estimate of drug-likeness (QED) is 0.465. The number of carbonyl (C=O) groups excluding carboxylic acids is 2. The first kappa shape index (κ1) is 17.0. The van der Waals surface area contributed by atoms with Crippen LogP contribution < -0.4 is 16.0 Å². The Morgan fingerprint density at radius 2 is 2.04 bits per heavy atom. The Bertz CT molecular complexity index is 871. The molecule has 3 fully saturated rings. The fraction of sp³-hybridized carbons (Fsp3) is 0.600. The standard InChI is InChI=1S/C20H25N3O4/c1-2-11-7-12(24)8-14-13(11)9-15-20(27)4-3-19(16(25)22-17(26)23-19)10-18(14,20)5-6-21-15/h7-8,15,21,24,27H,2-6,9-10H2,1H3,(H2,22,23,25,26)/t15-,18-,19+,20-/m1/s1. The van der Waals surface area contributed by atoms with Crippen molar-refractivity contribution in [1.29, 1.82) is 0 Å². The number of piperidine rings is 1. The van der Waals surface area contributed by atoms with Gasteiger partial charge in [0.15, 0.2) is 0 Å². The number of carbonyl (C=O) groups is 2. The number of nitrogens with one attached hydrogen (secondary N) is 3. The van der Waals surface area contributed by atoms with Crippen LogP contribution in [0.1, 0.15) is 49.3 Å². The maximum Gasteiger partial charge on any atom is 0.322 e. The predicted octanol–water partition coefficient (Wildman–Crippen LogP) is 0.604. The summed E-state index contributed by atoms with van der Waals surface area (Å²) in [5, 5.41) is 31.0. The predicted molar refractivity (Wildman–Crippen MR) is 97.5 cm³/mol. The van der Waals surface area contributed by atoms with Crippen LogP contribution in [0.2, 0.25) is 0 Å². The molecule has 1 aromatic carbocycles. The lowest BCUT2D eigenvalue weighted by atomic mass is 9.46. The zero-order valence-electron chi connectivity index (χ0n) is 15.4. The number of urea groups is 1. The molecule has 4 aliphatic rings. The summed E-state index contributed by atoms with van der Waals surface area (Å²) in [6.45, 7) is 2.79. The van der Waals surface area contributed by atoms with Gasteiger partial charge in [-0.2, -0.15) is 0 Å². The number of phenols is 1. The van der Waals surface area contributed by atoms with Crippen LogP contribution in [0, 0.1) is 0 Å². The highest BCUT2D eigenvalue weighted by Crippen LogP contribution is 2.59. The van der Waals surface area contributed by atoms with E-state index < -0.39 is 22.6 Å². The average Bonchev–Trinajstić information content (AvgIpc) is 2.89. The summed E-state index contributed by atoms with van der Waals surface area (Å²) in [4.78, 5) is 24.5. The molecule has 2 aliphatic heterocycles. The summed E-state index contributed by atoms with van der Waals surface area (Å²) < 4.78 is 0. The van der Waals surface area contributed by atoms with E-state index >= 15 is 0 Å². The number of hydrogen-bond donors (Lipinski definition) is 5. The number of hydrogen-bond acceptors (Lipinski definition) is 5. The van der Waals surface area contributed by atoms with Crippen molar-refractivity contribution in [2.75, 3.05) is 6.54 Å². The zero-order valence-corrected chi connectivity index (χ0v) is 15.4. The smallest absolute Gasteiger partial charge is 0.322 e. The van der Waals surface area contributed by atoms with Crippen LogP contribution in [-0.2, 0) is 23.1 Å². The molecule has 1 aromatic rings. The van der Waals surface area contributed by atoms with Crippen molar-refractivity contribution in [1.82, 2.24) is 16.0 Å². The van der Waals surface area contributed by atoms with E-state index in [9.17, 15) is 19.8 Å². The van der Waals surface area contributed by atoms with Crippen LogP contribution in [0.3, 0.4) is 0 Å². The molecule has 3 amide bonds. The van der Waals surface area contributed by atoms with Crippen molar-refractivity contribution in [2.24, 2.45) is 0 Å². The van der Waals surface area contributed by atoms with Crippen molar-refractivity contribution in [3.63, 3.8) is 0 Å². The lowest BCUT2D eigenvalue weighted by Crippen LogP contribution is -2.75. The summed E-state index contributed by atoms with van der Waals surface area (Å²) >= 11 is 0. The van der Waals surface area contributed by atoms with Crippen LogP contribution >= 0.6 is 0 Å². The molecule has 2 heterocycles. The van der Waals surface area contributed by atoms with E-state index in [4.69, 9.17) is 0 Å². The van der Waals surface area contributed by atoms with Gasteiger partial charge in [-0.1, -0.05) is 6.92 Å². The highest BCUT2D eigenvalue weighted by atomic mass is 16.3. The molecule has 1 spiro atoms. The molecule has 7 heteroatoms. The summed E-state index contributed by atoms with van der Waals surface area (Å²) in [7, 11) is 0. The number of benzene rings is 1. The minimum atomic E-state index is -1.00. The van der Waals surface area contributed by atoms with Gasteiger partial charge in [-0.25, -0.2) is 4.79 Å². The Hall–Kier alpha value is -2.12. The van der Waals surface area contributed by atoms with E-state index in [1.54, 1.807) is 12.1 Å². The van der Waals surface area contributed by atoms with Gasteiger partial charge in [0.05, 0.1) is 5.60 Å². The Labute approximate surface area is 157 Å². The summed E-state index contributed by atoms with van der Waals surface area (Å²) in [5.74, 6) is -0.110. The molecule has 144 valence electrons. The molecule has 2 saturated heterocycles. The number of phenolic OH excluding ortho intramolecular Hbond substituents is 1. The molecular weight excluding hydrogens is 346 g/mol. The van der Waals surface area contributed by atoms with Gasteiger partial charge in [0.25, 0.3) is 5.91 Å². The van der Waals surface area contributed by atoms with Gasteiger partial charge >= 0.3 is 6.03 Å². The second-order valence-corrected chi connectivity index (χ2v) is 8.62. The molecule has 0 radical (unpaired) electrons. The lowest BCUT2D eigenvalue weighted by molar-refractivity contribution is -0.151. The Kier molecular flexibility index (Phi) is 3.30. The van der Waals surface area contributed by atoms with Crippen molar-refractivity contribution in [3.8, 4) is 5.75 Å². The first-order valence-electron chi connectivity index (χ1n) is 9.78. The summed E-state index contributed by atoms with van der Waals surface area (Å²) in [5.41, 5.74) is 0.533. The van der Waals surface area contributed by atoms with Crippen molar-refractivity contribution in [3.05, 3.63) is 28.8 Å². The van der Waals surface area contributed by atoms with Gasteiger partial charge in [0.1, 0.15) is 11.3 Å². The van der Waals surface area contributed by atoms with Gasteiger partial charge in [0, 0.05) is 11.5 Å². The van der Waals surface area contributed by atoms with Gasteiger partial charge in [-0.05, 0) is 73.9 Å². The van der Waals surface area contributed by atoms with Crippen molar-refractivity contribution >= 4 is 11.9 Å². The first-order valence-corrected chi connectivity index (χ1v) is 9.78. The fourth-order valence-corrected chi connectivity index (χ4v) is 6.28. The second-order valence-electron chi connectivity index (χ2n) is 8.62. The molecule has 5 rings (SSSR count). The maximum atomic E-state index is 12.7. The Balaban J connectivity index is 1.74. The molecule has 0 aromatic heterocycles. The fourth-order valence-electron chi connectivity index (χ4n) is 6.28. The van der Waals surface area contributed by atoms with Crippen molar-refractivity contribution in [2.45, 2.75) is 68.0 Å². The molecule has 4 atom stereocenters. The molecule has 2 bridgehead atoms. The molecule has 2 aliphatic carbocycles. The number of aliphatic hydroxyl groups is 1. The van der Waals surface area contributed by atoms with E-state index in [1.807, 2.05) is 0 Å². The highest BCUT2D eigenvalue weighted by Gasteiger charge is 2.68. The highest BCUT2D eigenvalue weighted by molar-refractivity contribution is 6.07. The average molecular weight is 371 g/mol. The SMILES string of the molecule is CCc1cc(O)cc2c1C[C@H]1NCC[C@@]23C[C@]2(CC[C@@]13O)NC(=O)NC2=O. The van der Waals surface area contributed by atoms with Crippen LogP contribution in [0.25, 0.3) is 0 Å². The summed E-state index contributed by atoms with van der Waals surface area (Å²) in [6, 6.07) is 3.02. The monoisotopic (exact) mass is 371 g/mol. The molecule has 5 N–H and O–H groups in total. The third kappa shape index (κ3) is 1.99. The largest absolute Gasteiger partial charge is 0.508 e. The van der Waals surface area contributed by atoms with Crippen LogP contribution in [0.15, 0.2) is 12.1 Å². The van der Waals surface area contributed by atoms with Gasteiger partial charge in [-0.3, -0.25) is 10.1 Å². The number of imide groups is 1. The Morgan fingerprint density at radius 1 is 1.22 bits per heavy atom. The van der Waals surface area contributed by atoms with Gasteiger partial charge < -0.3 is 20.8 Å². The van der Waals surface area contributed by atoms with E-state index in [1.165, 1.54) is 5.56 Å². The molecule has 1 saturated carbocycles. The maximum absolute atomic E-state index is 12.7. The number of aryl methyl sites for hydroxylation is 1. The summed E-state index contributed by atoms with van der Waals surface area (Å²) in [6.07, 6.45) is 3.35. The second kappa shape index (κ2) is 5.23. The van der Waals surface area contributed by atoms with Crippen LogP contribution in [0.4, 0.5) is 4.79 Å². The third-order valence-corrected chi connectivity index (χ3v) is 7.53. The first-order chi connectivity index (χ1) is 12.8. The number of aromatic hydroxyl groups is 1. The van der Waals surface area contributed by atoms with Gasteiger partial charge in [-0.15, -0.1) is 0 Å². The molecule has 7 nitrogen and oxygen atoms in total. The number of amides is 3. The number of rotatable bonds is 1. The Morgan fingerprint density at radius 3 is 2.74 bits per heavy atom. The minimum Gasteiger partial charge on any atom is -0.508 e. The third-order valence-electron chi connectivity index (χ3n) is 7.53. The molecule has 27 heavy (non-hydrogen) atoms. The van der Waals surface area contributed by atoms with Crippen molar-refractivity contribution < 1.29 is 19.8 Å². The van der Waals surface area contributed by atoms with Gasteiger partial charge in [0.2, 0.25) is 0 Å². The van der Waals surface area contributed by atoms with Crippen LogP contribution in [0.5, 0.6) is 5.75 Å². The number of fused-ring (bicyclic) bond motifs is 1. The van der Waals surface area contributed by atoms with Crippen LogP contribution in [-0.4, -0.2) is 45.9 Å². The lowest BCUT2D eigenvalue weighted by Gasteiger charge is -2.63. The normalized spacial score (nSPS) is 39.6.